The molecule has 2 aliphatic rings. The highest BCUT2D eigenvalue weighted by atomic mass is 35.5. The van der Waals surface area contributed by atoms with E-state index in [-0.39, 0.29) is 41.4 Å². The fourth-order valence-corrected chi connectivity index (χ4v) is 6.82. The first-order chi connectivity index (χ1) is 19.3. The van der Waals surface area contributed by atoms with E-state index in [0.717, 1.165) is 5.56 Å². The molecule has 2 amide bonds. The van der Waals surface area contributed by atoms with Gasteiger partial charge in [-0.25, -0.2) is 8.42 Å². The number of fused-ring (bicyclic) bond motifs is 1. The van der Waals surface area contributed by atoms with Crippen molar-refractivity contribution in [2.24, 2.45) is 5.92 Å². The van der Waals surface area contributed by atoms with Gasteiger partial charge in [0.1, 0.15) is 11.5 Å². The molecule has 0 saturated carbocycles. The molecule has 2 heterocycles. The highest BCUT2D eigenvalue weighted by Crippen LogP contribution is 2.36. The summed E-state index contributed by atoms with van der Waals surface area (Å²) < 4.78 is 38.9. The summed E-state index contributed by atoms with van der Waals surface area (Å²) in [5, 5.41) is 3.11. The molecular weight excluding hydrogens is 554 g/mol. The maximum absolute atomic E-state index is 13.7. The Morgan fingerprint density at radius 2 is 1.73 bits per heavy atom. The van der Waals surface area contributed by atoms with Gasteiger partial charge in [-0.3, -0.25) is 9.59 Å². The summed E-state index contributed by atoms with van der Waals surface area (Å²) in [4.78, 5) is 28.4. The van der Waals surface area contributed by atoms with Crippen LogP contribution in [0.2, 0.25) is 5.02 Å². The number of methoxy groups -OCH3 is 1. The topological polar surface area (TPSA) is 105 Å². The van der Waals surface area contributed by atoms with Crippen LogP contribution in [-0.2, 0) is 26.2 Å². The van der Waals surface area contributed by atoms with Crippen molar-refractivity contribution in [3.8, 4) is 11.5 Å². The Labute approximate surface area is 238 Å². The molecule has 0 bridgehead atoms. The van der Waals surface area contributed by atoms with Gasteiger partial charge >= 0.3 is 0 Å². The van der Waals surface area contributed by atoms with Crippen molar-refractivity contribution in [3.63, 3.8) is 0 Å². The zero-order valence-corrected chi connectivity index (χ0v) is 23.5. The van der Waals surface area contributed by atoms with Crippen LogP contribution in [-0.4, -0.2) is 57.4 Å². The summed E-state index contributed by atoms with van der Waals surface area (Å²) in [5.74, 6) is -0.0115. The number of carbonyl (C=O) groups excluding carboxylic acids is 2. The second-order valence-electron chi connectivity index (χ2n) is 9.70. The van der Waals surface area contributed by atoms with Crippen LogP contribution >= 0.6 is 11.6 Å². The zero-order chi connectivity index (χ0) is 28.3. The molecule has 11 heteroatoms. The van der Waals surface area contributed by atoms with Crippen molar-refractivity contribution < 1.29 is 27.5 Å². The van der Waals surface area contributed by atoms with Gasteiger partial charge in [0, 0.05) is 25.6 Å². The van der Waals surface area contributed by atoms with Crippen LogP contribution < -0.4 is 19.7 Å². The van der Waals surface area contributed by atoms with Gasteiger partial charge in [-0.1, -0.05) is 54.1 Å². The normalized spacial score (nSPS) is 17.9. The van der Waals surface area contributed by atoms with E-state index in [1.165, 1.54) is 29.6 Å². The van der Waals surface area contributed by atoms with Gasteiger partial charge in [-0.2, -0.15) is 4.31 Å². The third-order valence-corrected chi connectivity index (χ3v) is 9.40. The van der Waals surface area contributed by atoms with Crippen molar-refractivity contribution in [3.05, 3.63) is 83.4 Å². The molecule has 1 N–H and O–H groups in total. The number of rotatable bonds is 7. The van der Waals surface area contributed by atoms with Gasteiger partial charge in [0.15, 0.2) is 6.10 Å². The fourth-order valence-electron chi connectivity index (χ4n) is 5.00. The lowest BCUT2D eigenvalue weighted by atomic mass is 9.95. The summed E-state index contributed by atoms with van der Waals surface area (Å²) in [6.07, 6.45) is -0.165. The molecule has 0 radical (unpaired) electrons. The van der Waals surface area contributed by atoms with Crippen LogP contribution in [0, 0.1) is 5.92 Å². The average molecular weight is 584 g/mol. The fraction of sp³-hybridized carbons (Fsp3) is 0.310. The zero-order valence-electron chi connectivity index (χ0n) is 22.0. The van der Waals surface area contributed by atoms with Crippen LogP contribution in [0.25, 0.3) is 0 Å². The van der Waals surface area contributed by atoms with Crippen molar-refractivity contribution in [1.82, 2.24) is 9.62 Å². The average Bonchev–Trinajstić information content (AvgIpc) is 2.99. The van der Waals surface area contributed by atoms with Crippen molar-refractivity contribution in [2.75, 3.05) is 31.6 Å². The molecule has 3 aromatic carbocycles. The highest BCUT2D eigenvalue weighted by Gasteiger charge is 2.39. The van der Waals surface area contributed by atoms with Gasteiger partial charge < -0.3 is 19.7 Å². The molecular formula is C29H30ClN3O6S. The van der Waals surface area contributed by atoms with Crippen LogP contribution in [0.5, 0.6) is 11.5 Å². The Balaban J connectivity index is 1.26. The van der Waals surface area contributed by atoms with Gasteiger partial charge in [0.2, 0.25) is 15.9 Å². The number of carbonyl (C=O) groups is 2. The standard InChI is InChI=1S/C29H30ClN3O6S/c1-38-25-12-11-22(17-23(25)30)40(36,37)32-15-13-21(14-16-32)29(35)33-19-27(39-26-10-6-5-9-24(26)33)28(34)31-18-20-7-3-2-4-8-20/h2-12,17,21,27H,13-16,18-19H2,1H3,(H,31,34)/t27-/m1/s1. The molecule has 0 unspecified atom stereocenters. The summed E-state index contributed by atoms with van der Waals surface area (Å²) in [7, 11) is -2.32. The molecule has 1 saturated heterocycles. The minimum absolute atomic E-state index is 0.0688. The van der Waals surface area contributed by atoms with E-state index in [2.05, 4.69) is 5.32 Å². The number of para-hydroxylation sites is 2. The van der Waals surface area contributed by atoms with Crippen molar-refractivity contribution in [1.29, 1.82) is 0 Å². The number of nitrogens with zero attached hydrogens (tertiary/aromatic N) is 2. The molecule has 5 rings (SSSR count). The largest absolute Gasteiger partial charge is 0.495 e. The number of anilines is 1. The van der Waals surface area contributed by atoms with E-state index in [1.54, 1.807) is 23.1 Å². The first-order valence-electron chi connectivity index (χ1n) is 13.0. The van der Waals surface area contributed by atoms with Gasteiger partial charge in [-0.15, -0.1) is 0 Å². The smallest absolute Gasteiger partial charge is 0.263 e. The number of hydrogen-bond donors (Lipinski definition) is 1. The van der Waals surface area contributed by atoms with E-state index in [4.69, 9.17) is 21.1 Å². The number of hydrogen-bond acceptors (Lipinski definition) is 6. The number of benzene rings is 3. The third-order valence-electron chi connectivity index (χ3n) is 7.21. The summed E-state index contributed by atoms with van der Waals surface area (Å²) in [6, 6.07) is 21.0. The number of ether oxygens (including phenoxy) is 2. The van der Waals surface area contributed by atoms with E-state index in [1.807, 2.05) is 36.4 Å². The molecule has 3 aromatic rings. The van der Waals surface area contributed by atoms with Crippen molar-refractivity contribution >= 4 is 39.1 Å². The minimum atomic E-state index is -3.79. The molecule has 0 spiro atoms. The second-order valence-corrected chi connectivity index (χ2v) is 12.0. The first-order valence-corrected chi connectivity index (χ1v) is 14.8. The van der Waals surface area contributed by atoms with Crippen LogP contribution in [0.3, 0.4) is 0 Å². The molecule has 1 fully saturated rings. The molecule has 0 aromatic heterocycles. The molecule has 2 aliphatic heterocycles. The van der Waals surface area contributed by atoms with Crippen molar-refractivity contribution in [2.45, 2.75) is 30.4 Å². The van der Waals surface area contributed by atoms with Crippen LogP contribution in [0.4, 0.5) is 5.69 Å². The van der Waals surface area contributed by atoms with E-state index < -0.39 is 22.0 Å². The lowest BCUT2D eigenvalue weighted by molar-refractivity contribution is -0.129. The molecule has 9 nitrogen and oxygen atoms in total. The van der Waals surface area contributed by atoms with E-state index in [9.17, 15) is 18.0 Å². The Kier molecular flexibility index (Phi) is 8.30. The first kappa shape index (κ1) is 27.9. The van der Waals surface area contributed by atoms with E-state index in [0.29, 0.717) is 36.6 Å². The quantitative estimate of drug-likeness (QED) is 0.453. The summed E-state index contributed by atoms with van der Waals surface area (Å²) in [5.41, 5.74) is 1.56. The van der Waals surface area contributed by atoms with E-state index >= 15 is 0 Å². The third kappa shape index (κ3) is 5.79. The maximum Gasteiger partial charge on any atom is 0.263 e. The molecule has 0 aliphatic carbocycles. The molecule has 40 heavy (non-hydrogen) atoms. The van der Waals surface area contributed by atoms with Crippen LogP contribution in [0.1, 0.15) is 18.4 Å². The summed E-state index contributed by atoms with van der Waals surface area (Å²) in [6.45, 7) is 0.797. The van der Waals surface area contributed by atoms with Gasteiger partial charge in [-0.05, 0) is 48.7 Å². The molecule has 1 atom stereocenters. The Bertz CT molecular complexity index is 1490. The number of halogens is 1. The minimum Gasteiger partial charge on any atom is -0.495 e. The second kappa shape index (κ2) is 11.9. The summed E-state index contributed by atoms with van der Waals surface area (Å²) >= 11 is 6.15. The highest BCUT2D eigenvalue weighted by molar-refractivity contribution is 7.89. The number of amides is 2. The number of piperidine rings is 1. The van der Waals surface area contributed by atoms with Gasteiger partial charge in [0.05, 0.1) is 29.3 Å². The number of nitrogens with one attached hydrogen (secondary N) is 1. The Morgan fingerprint density at radius 3 is 2.42 bits per heavy atom. The van der Waals surface area contributed by atoms with Crippen LogP contribution in [0.15, 0.2) is 77.7 Å². The Hall–Kier alpha value is -3.60. The Morgan fingerprint density at radius 1 is 1.02 bits per heavy atom. The lowest BCUT2D eigenvalue weighted by Crippen LogP contribution is -2.53. The lowest BCUT2D eigenvalue weighted by Gasteiger charge is -2.38. The SMILES string of the molecule is COc1ccc(S(=O)(=O)N2CCC(C(=O)N3C[C@H](C(=O)NCc4ccccc4)Oc4ccccc43)CC2)cc1Cl. The predicted octanol–water partition coefficient (Wildman–Crippen LogP) is 3.86. The number of sulfonamides is 1. The maximum atomic E-state index is 13.7. The predicted molar refractivity (Wildman–Crippen MR) is 151 cm³/mol. The molecule has 210 valence electrons. The van der Waals surface area contributed by atoms with Gasteiger partial charge in [0.25, 0.3) is 5.91 Å². The monoisotopic (exact) mass is 583 g/mol.